The van der Waals surface area contributed by atoms with Crippen molar-refractivity contribution in [1.29, 1.82) is 0 Å². The molecule has 0 radical (unpaired) electrons. The Kier molecular flexibility index (Phi) is 4.84. The molecule has 0 saturated carbocycles. The first-order valence-corrected chi connectivity index (χ1v) is 9.59. The lowest BCUT2D eigenvalue weighted by atomic mass is 9.89. The van der Waals surface area contributed by atoms with E-state index in [0.29, 0.717) is 31.1 Å². The van der Waals surface area contributed by atoms with Crippen molar-refractivity contribution in [3.8, 4) is 11.5 Å². The van der Waals surface area contributed by atoms with Crippen molar-refractivity contribution in [2.45, 2.75) is 38.5 Å². The van der Waals surface area contributed by atoms with Gasteiger partial charge in [-0.3, -0.25) is 9.69 Å². The second kappa shape index (κ2) is 7.24. The standard InChI is InChI=1S/C20H28N2O3/c1-15-3-2-8-22(12-15)20(23)13-21-9-6-16(7-10-21)17-4-5-18-19(11-17)25-14-24-18/h4-5,11,15-16H,2-3,6-10,12-14H2,1H3/t15-/m1/s1. The first-order valence-electron chi connectivity index (χ1n) is 9.59. The summed E-state index contributed by atoms with van der Waals surface area (Å²) in [5.74, 6) is 3.23. The van der Waals surface area contributed by atoms with Crippen LogP contribution in [0.3, 0.4) is 0 Å². The van der Waals surface area contributed by atoms with Crippen LogP contribution >= 0.6 is 0 Å². The molecule has 25 heavy (non-hydrogen) atoms. The van der Waals surface area contributed by atoms with Gasteiger partial charge in [0.05, 0.1) is 6.54 Å². The Morgan fingerprint density at radius 3 is 2.72 bits per heavy atom. The number of fused-ring (bicyclic) bond motifs is 1. The number of likely N-dealkylation sites (tertiary alicyclic amines) is 2. The van der Waals surface area contributed by atoms with Crippen molar-refractivity contribution < 1.29 is 14.3 Å². The lowest BCUT2D eigenvalue weighted by molar-refractivity contribution is -0.134. The Bertz CT molecular complexity index is 625. The Morgan fingerprint density at radius 2 is 1.92 bits per heavy atom. The van der Waals surface area contributed by atoms with Crippen LogP contribution in [0.2, 0.25) is 0 Å². The van der Waals surface area contributed by atoms with Gasteiger partial charge in [0, 0.05) is 13.1 Å². The summed E-state index contributed by atoms with van der Waals surface area (Å²) < 4.78 is 10.9. The molecule has 0 spiro atoms. The number of nitrogens with zero attached hydrogens (tertiary/aromatic N) is 2. The van der Waals surface area contributed by atoms with Crippen molar-refractivity contribution >= 4 is 5.91 Å². The highest BCUT2D eigenvalue weighted by atomic mass is 16.7. The van der Waals surface area contributed by atoms with Crippen molar-refractivity contribution in [1.82, 2.24) is 9.80 Å². The van der Waals surface area contributed by atoms with Gasteiger partial charge in [-0.15, -0.1) is 0 Å². The average molecular weight is 344 g/mol. The van der Waals surface area contributed by atoms with Crippen molar-refractivity contribution in [3.63, 3.8) is 0 Å². The predicted octanol–water partition coefficient (Wildman–Crippen LogP) is 2.85. The summed E-state index contributed by atoms with van der Waals surface area (Å²) in [5, 5.41) is 0. The van der Waals surface area contributed by atoms with E-state index in [0.717, 1.165) is 56.9 Å². The summed E-state index contributed by atoms with van der Waals surface area (Å²) in [6.07, 6.45) is 4.61. The minimum Gasteiger partial charge on any atom is -0.454 e. The van der Waals surface area contributed by atoms with E-state index in [1.54, 1.807) is 0 Å². The maximum atomic E-state index is 12.5. The molecule has 5 nitrogen and oxygen atoms in total. The molecule has 1 aromatic rings. The second-order valence-corrected chi connectivity index (χ2v) is 7.75. The molecule has 2 saturated heterocycles. The van der Waals surface area contributed by atoms with Gasteiger partial charge >= 0.3 is 0 Å². The fourth-order valence-corrected chi connectivity index (χ4v) is 4.30. The quantitative estimate of drug-likeness (QED) is 0.846. The molecule has 3 aliphatic rings. The minimum atomic E-state index is 0.313. The highest BCUT2D eigenvalue weighted by Gasteiger charge is 2.26. The van der Waals surface area contributed by atoms with Crippen molar-refractivity contribution in [2.24, 2.45) is 5.92 Å². The zero-order valence-electron chi connectivity index (χ0n) is 15.1. The van der Waals surface area contributed by atoms with Crippen LogP contribution in [0.5, 0.6) is 11.5 Å². The van der Waals surface area contributed by atoms with Crippen molar-refractivity contribution in [2.75, 3.05) is 39.5 Å². The Labute approximate surface area is 149 Å². The molecule has 0 N–H and O–H groups in total. The molecule has 0 bridgehead atoms. The number of ether oxygens (including phenoxy) is 2. The smallest absolute Gasteiger partial charge is 0.236 e. The van der Waals surface area contributed by atoms with Crippen LogP contribution in [0.1, 0.15) is 44.1 Å². The average Bonchev–Trinajstić information content (AvgIpc) is 3.10. The summed E-state index contributed by atoms with van der Waals surface area (Å²) in [6, 6.07) is 6.31. The van der Waals surface area contributed by atoms with Crippen LogP contribution in [-0.2, 0) is 4.79 Å². The van der Waals surface area contributed by atoms with Gasteiger partial charge in [0.2, 0.25) is 12.7 Å². The van der Waals surface area contributed by atoms with E-state index >= 15 is 0 Å². The van der Waals surface area contributed by atoms with Crippen LogP contribution in [0, 0.1) is 5.92 Å². The maximum Gasteiger partial charge on any atom is 0.236 e. The number of piperidine rings is 2. The third kappa shape index (κ3) is 3.76. The van der Waals surface area contributed by atoms with Gasteiger partial charge < -0.3 is 14.4 Å². The molecule has 136 valence electrons. The summed E-state index contributed by atoms with van der Waals surface area (Å²) in [6.45, 7) is 7.02. The molecule has 4 rings (SSSR count). The first kappa shape index (κ1) is 16.7. The summed E-state index contributed by atoms with van der Waals surface area (Å²) in [5.41, 5.74) is 1.33. The van der Waals surface area contributed by atoms with Gasteiger partial charge in [-0.2, -0.15) is 0 Å². The van der Waals surface area contributed by atoms with Gasteiger partial charge in [0.1, 0.15) is 0 Å². The van der Waals surface area contributed by atoms with Gasteiger partial charge in [-0.05, 0) is 68.3 Å². The van der Waals surface area contributed by atoms with E-state index < -0.39 is 0 Å². The summed E-state index contributed by atoms with van der Waals surface area (Å²) in [4.78, 5) is 16.9. The van der Waals surface area contributed by atoms with E-state index in [1.807, 2.05) is 6.07 Å². The SMILES string of the molecule is C[C@@H]1CCCN(C(=O)CN2CCC(c3ccc4c(c3)OCO4)CC2)C1. The third-order valence-electron chi connectivity index (χ3n) is 5.82. The van der Waals surface area contributed by atoms with Crippen LogP contribution in [0.4, 0.5) is 0 Å². The molecular weight excluding hydrogens is 316 g/mol. The third-order valence-corrected chi connectivity index (χ3v) is 5.82. The summed E-state index contributed by atoms with van der Waals surface area (Å²) >= 11 is 0. The number of amides is 1. The lowest BCUT2D eigenvalue weighted by Crippen LogP contribution is -2.46. The topological polar surface area (TPSA) is 42.0 Å². The molecule has 1 atom stereocenters. The molecule has 1 aromatic carbocycles. The molecular formula is C20H28N2O3. The largest absolute Gasteiger partial charge is 0.454 e. The van der Waals surface area contributed by atoms with Gasteiger partial charge in [0.25, 0.3) is 0 Å². The molecule has 0 unspecified atom stereocenters. The molecule has 2 fully saturated rings. The highest BCUT2D eigenvalue weighted by Crippen LogP contribution is 2.37. The number of hydrogen-bond donors (Lipinski definition) is 0. The number of hydrogen-bond acceptors (Lipinski definition) is 4. The van der Waals surface area contributed by atoms with E-state index in [1.165, 1.54) is 12.0 Å². The normalized spacial score (nSPS) is 24.5. The predicted molar refractivity (Wildman–Crippen MR) is 96.0 cm³/mol. The molecule has 5 heteroatoms. The van der Waals surface area contributed by atoms with Crippen LogP contribution < -0.4 is 9.47 Å². The molecule has 1 amide bonds. The fourth-order valence-electron chi connectivity index (χ4n) is 4.30. The molecule has 0 aromatic heterocycles. The molecule has 3 heterocycles. The van der Waals surface area contributed by atoms with E-state index in [-0.39, 0.29) is 0 Å². The molecule has 0 aliphatic carbocycles. The summed E-state index contributed by atoms with van der Waals surface area (Å²) in [7, 11) is 0. The lowest BCUT2D eigenvalue weighted by Gasteiger charge is -2.35. The minimum absolute atomic E-state index is 0.313. The Hall–Kier alpha value is -1.75. The fraction of sp³-hybridized carbons (Fsp3) is 0.650. The monoisotopic (exact) mass is 344 g/mol. The Balaban J connectivity index is 1.29. The zero-order valence-corrected chi connectivity index (χ0v) is 15.1. The van der Waals surface area contributed by atoms with Crippen LogP contribution in [0.15, 0.2) is 18.2 Å². The Morgan fingerprint density at radius 1 is 1.12 bits per heavy atom. The maximum absolute atomic E-state index is 12.5. The highest BCUT2D eigenvalue weighted by molar-refractivity contribution is 5.78. The van der Waals surface area contributed by atoms with Gasteiger partial charge in [0.15, 0.2) is 11.5 Å². The second-order valence-electron chi connectivity index (χ2n) is 7.75. The number of carbonyl (C=O) groups excluding carboxylic acids is 1. The van der Waals surface area contributed by atoms with Crippen LogP contribution in [0.25, 0.3) is 0 Å². The zero-order chi connectivity index (χ0) is 17.2. The first-order chi connectivity index (χ1) is 12.2. The van der Waals surface area contributed by atoms with Gasteiger partial charge in [-0.25, -0.2) is 0 Å². The molecule has 3 aliphatic heterocycles. The van der Waals surface area contributed by atoms with Crippen molar-refractivity contribution in [3.05, 3.63) is 23.8 Å². The number of carbonyl (C=O) groups is 1. The van der Waals surface area contributed by atoms with E-state index in [4.69, 9.17) is 9.47 Å². The number of rotatable bonds is 3. The van der Waals surface area contributed by atoms with Crippen LogP contribution in [-0.4, -0.2) is 55.2 Å². The van der Waals surface area contributed by atoms with E-state index in [2.05, 4.69) is 28.9 Å². The number of benzene rings is 1. The van der Waals surface area contributed by atoms with Gasteiger partial charge in [-0.1, -0.05) is 13.0 Å². The van der Waals surface area contributed by atoms with E-state index in [9.17, 15) is 4.79 Å².